The molecule has 2 rings (SSSR count). The third kappa shape index (κ3) is 3.11. The van der Waals surface area contributed by atoms with Gasteiger partial charge in [0.15, 0.2) is 11.6 Å². The molecule has 1 aromatic rings. The van der Waals surface area contributed by atoms with Gasteiger partial charge in [-0.05, 0) is 0 Å². The zero-order chi connectivity index (χ0) is 16.3. The molecule has 6 nitrogen and oxygen atoms in total. The molecule has 0 fully saturated rings. The summed E-state index contributed by atoms with van der Waals surface area (Å²) in [7, 11) is 0. The number of fused-ring (bicyclic) bond motifs is 1. The molecule has 0 saturated carbocycles. The molecular weight excluding hydrogens is 288 g/mol. The molecule has 0 atom stereocenters. The standard InChI is InChI=1S/C16H14O6/c1-9(17)21-7-13-14(8-22-10(2)18)16(20)12-6-4-3-5-11(12)15(13)19/h3-6H,7-8H2,1-2H3. The number of hydrogen-bond acceptors (Lipinski definition) is 6. The van der Waals surface area contributed by atoms with Gasteiger partial charge < -0.3 is 9.47 Å². The van der Waals surface area contributed by atoms with Crippen molar-refractivity contribution in [1.82, 2.24) is 0 Å². The smallest absolute Gasteiger partial charge is 0.302 e. The van der Waals surface area contributed by atoms with Crippen molar-refractivity contribution >= 4 is 23.5 Å². The average Bonchev–Trinajstić information content (AvgIpc) is 2.48. The van der Waals surface area contributed by atoms with E-state index in [0.29, 0.717) is 0 Å². The molecule has 0 unspecified atom stereocenters. The summed E-state index contributed by atoms with van der Waals surface area (Å²) in [5.41, 5.74) is 0.586. The van der Waals surface area contributed by atoms with E-state index in [1.54, 1.807) is 12.1 Å². The molecule has 0 aliphatic heterocycles. The molecule has 0 saturated heterocycles. The minimum Gasteiger partial charge on any atom is -0.461 e. The largest absolute Gasteiger partial charge is 0.461 e. The van der Waals surface area contributed by atoms with Crippen LogP contribution in [0.3, 0.4) is 0 Å². The van der Waals surface area contributed by atoms with Crippen LogP contribution in [0, 0.1) is 0 Å². The first-order valence-corrected chi connectivity index (χ1v) is 6.59. The molecule has 0 spiro atoms. The predicted octanol–water partition coefficient (Wildman–Crippen LogP) is 1.49. The summed E-state index contributed by atoms with van der Waals surface area (Å²) in [6.07, 6.45) is 0. The van der Waals surface area contributed by atoms with Crippen LogP contribution in [0.2, 0.25) is 0 Å². The van der Waals surface area contributed by atoms with Crippen LogP contribution in [0.4, 0.5) is 0 Å². The van der Waals surface area contributed by atoms with E-state index >= 15 is 0 Å². The predicted molar refractivity (Wildman–Crippen MR) is 75.4 cm³/mol. The summed E-state index contributed by atoms with van der Waals surface area (Å²) < 4.78 is 9.68. The van der Waals surface area contributed by atoms with Crippen LogP contribution in [-0.2, 0) is 19.1 Å². The molecular formula is C16H14O6. The summed E-state index contributed by atoms with van der Waals surface area (Å²) >= 11 is 0. The maximum Gasteiger partial charge on any atom is 0.302 e. The molecule has 22 heavy (non-hydrogen) atoms. The monoisotopic (exact) mass is 302 g/mol. The fourth-order valence-corrected chi connectivity index (χ4v) is 2.13. The Morgan fingerprint density at radius 2 is 1.18 bits per heavy atom. The lowest BCUT2D eigenvalue weighted by atomic mass is 9.84. The second-order valence-corrected chi connectivity index (χ2v) is 4.72. The lowest BCUT2D eigenvalue weighted by Gasteiger charge is -2.20. The second kappa shape index (κ2) is 6.34. The lowest BCUT2D eigenvalue weighted by Crippen LogP contribution is -2.27. The van der Waals surface area contributed by atoms with Gasteiger partial charge in [-0.25, -0.2) is 0 Å². The van der Waals surface area contributed by atoms with Gasteiger partial charge in [-0.2, -0.15) is 0 Å². The van der Waals surface area contributed by atoms with Crippen molar-refractivity contribution in [2.75, 3.05) is 13.2 Å². The van der Waals surface area contributed by atoms with Gasteiger partial charge in [-0.15, -0.1) is 0 Å². The molecule has 0 radical (unpaired) electrons. The fourth-order valence-electron chi connectivity index (χ4n) is 2.13. The Labute approximate surface area is 126 Å². The van der Waals surface area contributed by atoms with Crippen molar-refractivity contribution in [2.24, 2.45) is 0 Å². The first kappa shape index (κ1) is 15.6. The highest BCUT2D eigenvalue weighted by atomic mass is 16.5. The molecule has 114 valence electrons. The number of Topliss-reactive ketones (excluding diaryl/α,β-unsaturated/α-hetero) is 2. The van der Waals surface area contributed by atoms with Crippen molar-refractivity contribution in [3.8, 4) is 0 Å². The van der Waals surface area contributed by atoms with E-state index < -0.39 is 23.5 Å². The zero-order valence-corrected chi connectivity index (χ0v) is 12.2. The number of rotatable bonds is 4. The van der Waals surface area contributed by atoms with Gasteiger partial charge in [0.05, 0.1) is 0 Å². The van der Waals surface area contributed by atoms with Crippen LogP contribution < -0.4 is 0 Å². The quantitative estimate of drug-likeness (QED) is 0.783. The van der Waals surface area contributed by atoms with Crippen LogP contribution in [-0.4, -0.2) is 36.7 Å². The third-order valence-corrected chi connectivity index (χ3v) is 3.17. The molecule has 0 heterocycles. The van der Waals surface area contributed by atoms with Crippen LogP contribution in [0.1, 0.15) is 34.6 Å². The molecule has 0 amide bonds. The maximum atomic E-state index is 12.5. The van der Waals surface area contributed by atoms with E-state index in [0.717, 1.165) is 0 Å². The van der Waals surface area contributed by atoms with E-state index in [1.807, 2.05) is 0 Å². The molecule has 6 heteroatoms. The van der Waals surface area contributed by atoms with E-state index in [2.05, 4.69) is 0 Å². The minimum absolute atomic E-state index is 0.0418. The second-order valence-electron chi connectivity index (χ2n) is 4.72. The SMILES string of the molecule is CC(=O)OCC1=C(COC(C)=O)C(=O)c2ccccc2C1=O. The number of esters is 2. The van der Waals surface area contributed by atoms with Crippen molar-refractivity contribution in [1.29, 1.82) is 0 Å². The van der Waals surface area contributed by atoms with Crippen molar-refractivity contribution in [3.05, 3.63) is 46.5 Å². The Bertz CT molecular complexity index is 639. The number of carbonyl (C=O) groups is 4. The number of ether oxygens (including phenoxy) is 2. The Hall–Kier alpha value is -2.76. The van der Waals surface area contributed by atoms with Gasteiger partial charge in [0.2, 0.25) is 0 Å². The maximum absolute atomic E-state index is 12.5. The number of benzene rings is 1. The summed E-state index contributed by atoms with van der Waals surface area (Å²) in [5.74, 6) is -1.95. The van der Waals surface area contributed by atoms with Gasteiger partial charge in [-0.1, -0.05) is 24.3 Å². The summed E-state index contributed by atoms with van der Waals surface area (Å²) in [5, 5.41) is 0. The first-order chi connectivity index (χ1) is 10.4. The summed E-state index contributed by atoms with van der Waals surface area (Å²) in [4.78, 5) is 46.9. The molecule has 0 bridgehead atoms. The van der Waals surface area contributed by atoms with E-state index in [-0.39, 0.29) is 35.5 Å². The summed E-state index contributed by atoms with van der Waals surface area (Å²) in [6.45, 7) is 1.75. The molecule has 0 N–H and O–H groups in total. The normalized spacial score (nSPS) is 13.7. The fraction of sp³-hybridized carbons (Fsp3) is 0.250. The lowest BCUT2D eigenvalue weighted by molar-refractivity contribution is -0.141. The number of carbonyl (C=O) groups excluding carboxylic acids is 4. The molecule has 0 aromatic heterocycles. The first-order valence-electron chi connectivity index (χ1n) is 6.59. The van der Waals surface area contributed by atoms with Gasteiger partial charge in [0, 0.05) is 36.1 Å². The Balaban J connectivity index is 2.44. The van der Waals surface area contributed by atoms with Gasteiger partial charge in [0.1, 0.15) is 13.2 Å². The Kier molecular flexibility index (Phi) is 4.50. The van der Waals surface area contributed by atoms with Crippen LogP contribution >= 0.6 is 0 Å². The van der Waals surface area contributed by atoms with Crippen molar-refractivity contribution < 1.29 is 28.7 Å². The van der Waals surface area contributed by atoms with Crippen molar-refractivity contribution in [3.63, 3.8) is 0 Å². The van der Waals surface area contributed by atoms with E-state index in [9.17, 15) is 19.2 Å². The highest BCUT2D eigenvalue weighted by molar-refractivity contribution is 6.27. The minimum atomic E-state index is -0.571. The topological polar surface area (TPSA) is 86.7 Å². The average molecular weight is 302 g/mol. The van der Waals surface area contributed by atoms with E-state index in [1.165, 1.54) is 26.0 Å². The zero-order valence-electron chi connectivity index (χ0n) is 12.2. The molecule has 1 aliphatic rings. The van der Waals surface area contributed by atoms with E-state index in [4.69, 9.17) is 9.47 Å². The van der Waals surface area contributed by atoms with Gasteiger partial charge in [-0.3, -0.25) is 19.2 Å². The molecule has 1 aliphatic carbocycles. The summed E-state index contributed by atoms with van der Waals surface area (Å²) in [6, 6.07) is 6.35. The molecule has 1 aromatic carbocycles. The third-order valence-electron chi connectivity index (χ3n) is 3.17. The van der Waals surface area contributed by atoms with Gasteiger partial charge >= 0.3 is 11.9 Å². The van der Waals surface area contributed by atoms with Crippen LogP contribution in [0.25, 0.3) is 0 Å². The van der Waals surface area contributed by atoms with Crippen LogP contribution in [0.15, 0.2) is 35.4 Å². The Morgan fingerprint density at radius 3 is 1.50 bits per heavy atom. The number of hydrogen-bond donors (Lipinski definition) is 0. The van der Waals surface area contributed by atoms with Crippen LogP contribution in [0.5, 0.6) is 0 Å². The van der Waals surface area contributed by atoms with Crippen molar-refractivity contribution in [2.45, 2.75) is 13.8 Å². The number of ketones is 2. The highest BCUT2D eigenvalue weighted by Crippen LogP contribution is 2.26. The Morgan fingerprint density at radius 1 is 0.818 bits per heavy atom. The highest BCUT2D eigenvalue weighted by Gasteiger charge is 2.32. The van der Waals surface area contributed by atoms with Gasteiger partial charge in [0.25, 0.3) is 0 Å².